The monoisotopic (exact) mass is 327 g/mol. The molecule has 0 radical (unpaired) electrons. The second-order valence-corrected chi connectivity index (χ2v) is 6.09. The minimum atomic E-state index is -0.626. The lowest BCUT2D eigenvalue weighted by Gasteiger charge is -2.26. The SMILES string of the molecule is CNC(C)(C)C(=O)c1c(C)c(Br)c(C)c(C)c1OC. The number of ketones is 1. The number of nitrogens with one attached hydrogen (secondary N) is 1. The van der Waals surface area contributed by atoms with Gasteiger partial charge in [0, 0.05) is 4.47 Å². The Balaban J connectivity index is 3.64. The molecule has 1 aromatic rings. The highest BCUT2D eigenvalue weighted by molar-refractivity contribution is 9.10. The van der Waals surface area contributed by atoms with Crippen LogP contribution in [0.25, 0.3) is 0 Å². The molecule has 0 aliphatic heterocycles. The Kier molecular flexibility index (Phi) is 4.80. The molecule has 0 bridgehead atoms. The molecule has 0 aliphatic carbocycles. The number of carbonyl (C=O) groups is 1. The molecule has 0 unspecified atom stereocenters. The molecule has 0 fully saturated rings. The van der Waals surface area contributed by atoms with Crippen molar-refractivity contribution in [2.24, 2.45) is 0 Å². The Morgan fingerprint density at radius 3 is 2.11 bits per heavy atom. The predicted octanol–water partition coefficient (Wildman–Crippen LogP) is 3.56. The first kappa shape index (κ1) is 16.2. The summed E-state index contributed by atoms with van der Waals surface area (Å²) in [6.07, 6.45) is 0. The molecule has 3 nitrogen and oxygen atoms in total. The fourth-order valence-electron chi connectivity index (χ4n) is 2.04. The largest absolute Gasteiger partial charge is 0.496 e. The molecular formula is C15H22BrNO2. The molecule has 0 saturated carbocycles. The molecule has 1 aromatic carbocycles. The zero-order valence-electron chi connectivity index (χ0n) is 12.7. The summed E-state index contributed by atoms with van der Waals surface area (Å²) in [6, 6.07) is 0. The molecule has 19 heavy (non-hydrogen) atoms. The van der Waals surface area contributed by atoms with Crippen LogP contribution in [-0.2, 0) is 0 Å². The average Bonchev–Trinajstić information content (AvgIpc) is 2.39. The van der Waals surface area contributed by atoms with Crippen molar-refractivity contribution < 1.29 is 9.53 Å². The summed E-state index contributed by atoms with van der Waals surface area (Å²) in [5.41, 5.74) is 3.05. The maximum Gasteiger partial charge on any atom is 0.186 e. The smallest absolute Gasteiger partial charge is 0.186 e. The first-order valence-electron chi connectivity index (χ1n) is 6.26. The van der Waals surface area contributed by atoms with E-state index in [1.807, 2.05) is 34.6 Å². The fraction of sp³-hybridized carbons (Fsp3) is 0.533. The predicted molar refractivity (Wildman–Crippen MR) is 82.4 cm³/mol. The first-order chi connectivity index (χ1) is 8.68. The number of methoxy groups -OCH3 is 1. The van der Waals surface area contributed by atoms with Gasteiger partial charge in [-0.2, -0.15) is 0 Å². The number of rotatable bonds is 4. The molecule has 4 heteroatoms. The number of Topliss-reactive ketones (excluding diaryl/α,β-unsaturated/α-hetero) is 1. The van der Waals surface area contributed by atoms with Gasteiger partial charge in [0.15, 0.2) is 5.78 Å². The second kappa shape index (κ2) is 5.63. The Morgan fingerprint density at radius 2 is 1.68 bits per heavy atom. The minimum absolute atomic E-state index is 0.0353. The Hall–Kier alpha value is -0.870. The highest BCUT2D eigenvalue weighted by atomic mass is 79.9. The van der Waals surface area contributed by atoms with Gasteiger partial charge in [-0.1, -0.05) is 15.9 Å². The zero-order valence-corrected chi connectivity index (χ0v) is 14.3. The topological polar surface area (TPSA) is 38.3 Å². The van der Waals surface area contributed by atoms with Crippen LogP contribution in [0.3, 0.4) is 0 Å². The van der Waals surface area contributed by atoms with Crippen molar-refractivity contribution in [3.63, 3.8) is 0 Å². The number of hydrogen-bond donors (Lipinski definition) is 1. The van der Waals surface area contributed by atoms with Crippen molar-refractivity contribution in [2.75, 3.05) is 14.2 Å². The third-order valence-electron chi connectivity index (χ3n) is 3.79. The van der Waals surface area contributed by atoms with Crippen LogP contribution in [0.1, 0.15) is 40.9 Å². The van der Waals surface area contributed by atoms with Crippen LogP contribution in [0.4, 0.5) is 0 Å². The lowest BCUT2D eigenvalue weighted by molar-refractivity contribution is 0.0885. The van der Waals surface area contributed by atoms with Gasteiger partial charge in [-0.3, -0.25) is 4.79 Å². The van der Waals surface area contributed by atoms with Gasteiger partial charge in [0.25, 0.3) is 0 Å². The van der Waals surface area contributed by atoms with Gasteiger partial charge >= 0.3 is 0 Å². The van der Waals surface area contributed by atoms with Crippen molar-refractivity contribution in [3.8, 4) is 5.75 Å². The summed E-state index contributed by atoms with van der Waals surface area (Å²) in [5.74, 6) is 0.708. The average molecular weight is 328 g/mol. The van der Waals surface area contributed by atoms with Crippen LogP contribution in [0.5, 0.6) is 5.75 Å². The van der Waals surface area contributed by atoms with Crippen LogP contribution in [0.2, 0.25) is 0 Å². The van der Waals surface area contributed by atoms with Gasteiger partial charge in [-0.25, -0.2) is 0 Å². The Bertz CT molecular complexity index is 522. The number of carbonyl (C=O) groups excluding carboxylic acids is 1. The Morgan fingerprint density at radius 1 is 1.16 bits per heavy atom. The van der Waals surface area contributed by atoms with E-state index in [4.69, 9.17) is 4.74 Å². The minimum Gasteiger partial charge on any atom is -0.496 e. The van der Waals surface area contributed by atoms with E-state index >= 15 is 0 Å². The molecule has 0 saturated heterocycles. The molecule has 1 rings (SSSR count). The molecule has 106 valence electrons. The van der Waals surface area contributed by atoms with Crippen molar-refractivity contribution in [1.82, 2.24) is 5.32 Å². The third kappa shape index (κ3) is 2.70. The number of halogens is 1. The van der Waals surface area contributed by atoms with Gasteiger partial charge in [0.2, 0.25) is 0 Å². The zero-order chi connectivity index (χ0) is 15.0. The van der Waals surface area contributed by atoms with Gasteiger partial charge in [0.05, 0.1) is 18.2 Å². The lowest BCUT2D eigenvalue weighted by Crippen LogP contribution is -2.45. The van der Waals surface area contributed by atoms with Gasteiger partial charge in [-0.05, 0) is 58.4 Å². The number of benzene rings is 1. The van der Waals surface area contributed by atoms with E-state index in [0.29, 0.717) is 11.3 Å². The van der Waals surface area contributed by atoms with E-state index in [1.54, 1.807) is 14.2 Å². The van der Waals surface area contributed by atoms with E-state index in [1.165, 1.54) is 0 Å². The van der Waals surface area contributed by atoms with Gasteiger partial charge in [-0.15, -0.1) is 0 Å². The van der Waals surface area contributed by atoms with E-state index in [0.717, 1.165) is 21.2 Å². The summed E-state index contributed by atoms with van der Waals surface area (Å²) in [4.78, 5) is 12.8. The molecule has 0 spiro atoms. The van der Waals surface area contributed by atoms with Crippen molar-refractivity contribution >= 4 is 21.7 Å². The maximum atomic E-state index is 12.8. The van der Waals surface area contributed by atoms with Gasteiger partial charge in [0.1, 0.15) is 5.75 Å². The molecule has 0 amide bonds. The standard InChI is InChI=1S/C15H22BrNO2/c1-8-9(2)13(19-7)11(10(3)12(8)16)14(18)15(4,5)17-6/h17H,1-7H3. The molecule has 0 aromatic heterocycles. The van der Waals surface area contributed by atoms with E-state index in [-0.39, 0.29) is 5.78 Å². The van der Waals surface area contributed by atoms with E-state index in [2.05, 4.69) is 21.2 Å². The van der Waals surface area contributed by atoms with E-state index < -0.39 is 5.54 Å². The molecule has 1 N–H and O–H groups in total. The fourth-order valence-corrected chi connectivity index (χ4v) is 2.53. The summed E-state index contributed by atoms with van der Waals surface area (Å²) in [6.45, 7) is 9.68. The van der Waals surface area contributed by atoms with Crippen molar-refractivity contribution in [3.05, 3.63) is 26.7 Å². The third-order valence-corrected chi connectivity index (χ3v) is 4.98. The number of likely N-dealkylation sites (N-methyl/N-ethyl adjacent to an activating group) is 1. The first-order valence-corrected chi connectivity index (χ1v) is 7.05. The highest BCUT2D eigenvalue weighted by Gasteiger charge is 2.32. The quantitative estimate of drug-likeness (QED) is 0.859. The number of ether oxygens (including phenoxy) is 1. The van der Waals surface area contributed by atoms with Gasteiger partial charge < -0.3 is 10.1 Å². The Labute approximate surface area is 123 Å². The molecule has 0 aliphatic rings. The van der Waals surface area contributed by atoms with Crippen molar-refractivity contribution in [2.45, 2.75) is 40.2 Å². The highest BCUT2D eigenvalue weighted by Crippen LogP contribution is 2.37. The summed E-state index contributed by atoms with van der Waals surface area (Å²) >= 11 is 3.57. The van der Waals surface area contributed by atoms with Crippen LogP contribution in [0.15, 0.2) is 4.47 Å². The molecular weight excluding hydrogens is 306 g/mol. The van der Waals surface area contributed by atoms with Crippen molar-refractivity contribution in [1.29, 1.82) is 0 Å². The van der Waals surface area contributed by atoms with Crippen LogP contribution in [0, 0.1) is 20.8 Å². The van der Waals surface area contributed by atoms with Crippen LogP contribution in [-0.4, -0.2) is 25.5 Å². The van der Waals surface area contributed by atoms with Crippen LogP contribution >= 0.6 is 15.9 Å². The summed E-state index contributed by atoms with van der Waals surface area (Å²) in [5, 5.41) is 3.05. The second-order valence-electron chi connectivity index (χ2n) is 5.30. The molecule has 0 heterocycles. The summed E-state index contributed by atoms with van der Waals surface area (Å²) < 4.78 is 6.46. The number of hydrogen-bond acceptors (Lipinski definition) is 3. The lowest BCUT2D eigenvalue weighted by atomic mass is 9.87. The summed E-state index contributed by atoms with van der Waals surface area (Å²) in [7, 11) is 3.40. The van der Waals surface area contributed by atoms with Crippen LogP contribution < -0.4 is 10.1 Å². The maximum absolute atomic E-state index is 12.8. The van der Waals surface area contributed by atoms with E-state index in [9.17, 15) is 4.79 Å². The normalized spacial score (nSPS) is 11.6. The molecule has 0 atom stereocenters.